The van der Waals surface area contributed by atoms with E-state index in [0.29, 0.717) is 12.0 Å². The van der Waals surface area contributed by atoms with Gasteiger partial charge in [-0.1, -0.05) is 12.1 Å². The van der Waals surface area contributed by atoms with Crippen molar-refractivity contribution in [1.29, 1.82) is 0 Å². The smallest absolute Gasteiger partial charge is 0.203 e. The van der Waals surface area contributed by atoms with E-state index >= 15 is 0 Å². The van der Waals surface area contributed by atoms with Gasteiger partial charge in [-0.2, -0.15) is 9.78 Å². The first-order valence-electron chi connectivity index (χ1n) is 8.37. The summed E-state index contributed by atoms with van der Waals surface area (Å²) in [6, 6.07) is 7.31. The second-order valence-electron chi connectivity index (χ2n) is 6.93. The maximum Gasteiger partial charge on any atom is 0.203 e. The highest BCUT2D eigenvalue weighted by molar-refractivity contribution is 7.71. The summed E-state index contributed by atoms with van der Waals surface area (Å²) >= 11 is 5.68. The summed E-state index contributed by atoms with van der Waals surface area (Å²) in [6.45, 7) is 1.58. The number of benzene rings is 1. The van der Waals surface area contributed by atoms with Crippen molar-refractivity contribution in [3.63, 3.8) is 0 Å². The predicted molar refractivity (Wildman–Crippen MR) is 88.3 cm³/mol. The van der Waals surface area contributed by atoms with Crippen molar-refractivity contribution in [3.05, 3.63) is 46.2 Å². The van der Waals surface area contributed by atoms with E-state index in [1.807, 2.05) is 16.8 Å². The second kappa shape index (κ2) is 5.83. The molecule has 4 nitrogen and oxygen atoms in total. The fraction of sp³-hybridized carbons (Fsp3) is 0.529. The van der Waals surface area contributed by atoms with Gasteiger partial charge in [0, 0.05) is 17.5 Å². The molecule has 2 aliphatic rings. The summed E-state index contributed by atoms with van der Waals surface area (Å²) < 4.78 is 18.2. The topological polar surface area (TPSA) is 27.2 Å². The minimum absolute atomic E-state index is 0.189. The Labute approximate surface area is 140 Å². The minimum Gasteiger partial charge on any atom is -0.315 e. The molecule has 2 aliphatic carbocycles. The lowest BCUT2D eigenvalue weighted by molar-refractivity contribution is -0.917. The van der Waals surface area contributed by atoms with Crippen LogP contribution in [0.3, 0.4) is 0 Å². The van der Waals surface area contributed by atoms with Crippen molar-refractivity contribution < 1.29 is 9.29 Å². The highest BCUT2D eigenvalue weighted by atomic mass is 32.1. The van der Waals surface area contributed by atoms with Crippen LogP contribution in [0.5, 0.6) is 0 Å². The van der Waals surface area contributed by atoms with Crippen LogP contribution in [0.4, 0.5) is 4.39 Å². The summed E-state index contributed by atoms with van der Waals surface area (Å²) in [4.78, 5) is 1.29. The number of hydrogen-bond acceptors (Lipinski definition) is 2. The van der Waals surface area contributed by atoms with Crippen LogP contribution in [0, 0.1) is 10.6 Å². The third-order valence-corrected chi connectivity index (χ3v) is 5.00. The van der Waals surface area contributed by atoms with Crippen LogP contribution in [0.2, 0.25) is 0 Å². The summed E-state index contributed by atoms with van der Waals surface area (Å²) in [6.07, 6.45) is 4.96. The Hall–Kier alpha value is -1.53. The van der Waals surface area contributed by atoms with E-state index in [-0.39, 0.29) is 5.82 Å². The molecule has 1 aromatic heterocycles. The van der Waals surface area contributed by atoms with Crippen LogP contribution in [0.25, 0.3) is 0 Å². The van der Waals surface area contributed by atoms with Gasteiger partial charge in [-0.15, -0.1) is 0 Å². The van der Waals surface area contributed by atoms with E-state index in [0.717, 1.165) is 23.5 Å². The Morgan fingerprint density at radius 3 is 2.52 bits per heavy atom. The fourth-order valence-corrected chi connectivity index (χ4v) is 3.45. The van der Waals surface area contributed by atoms with Gasteiger partial charge < -0.3 is 9.47 Å². The maximum atomic E-state index is 13.0. The molecule has 0 amide bonds. The quantitative estimate of drug-likeness (QED) is 0.822. The lowest BCUT2D eigenvalue weighted by Gasteiger charge is -2.13. The first kappa shape index (κ1) is 15.0. The maximum absolute atomic E-state index is 13.0. The number of halogens is 1. The molecule has 1 unspecified atom stereocenters. The molecule has 0 radical (unpaired) electrons. The third-order valence-electron chi connectivity index (χ3n) is 4.59. The number of rotatable bonds is 6. The molecular weight excluding hydrogens is 311 g/mol. The first-order valence-corrected chi connectivity index (χ1v) is 8.77. The predicted octanol–water partition coefficient (Wildman–Crippen LogP) is 2.44. The van der Waals surface area contributed by atoms with Gasteiger partial charge in [0.15, 0.2) is 6.67 Å². The van der Waals surface area contributed by atoms with Gasteiger partial charge in [0.2, 0.25) is 4.77 Å². The largest absolute Gasteiger partial charge is 0.315 e. The number of nitrogens with one attached hydrogen (secondary N) is 1. The summed E-state index contributed by atoms with van der Waals surface area (Å²) in [5.41, 5.74) is 1.12. The zero-order valence-corrected chi connectivity index (χ0v) is 14.2. The normalized spacial score (nSPS) is 19.0. The van der Waals surface area contributed by atoms with Crippen LogP contribution >= 0.6 is 12.2 Å². The zero-order chi connectivity index (χ0) is 16.0. The molecule has 6 heteroatoms. The molecule has 2 fully saturated rings. The van der Waals surface area contributed by atoms with Gasteiger partial charge in [0.05, 0.1) is 7.05 Å². The molecule has 0 aliphatic heterocycles. The standard InChI is InChI=1S/C17H21FN4S/c1-20(10-12-2-6-14(18)7-3-12)11-21-17(23)22(15-8-9-15)16(19-21)13-4-5-13/h2-3,6-7,13,15H,4-5,8-11H2,1H3/p+1. The average Bonchev–Trinajstić information content (AvgIpc) is 3.42. The van der Waals surface area contributed by atoms with Gasteiger partial charge >= 0.3 is 0 Å². The molecule has 0 saturated heterocycles. The van der Waals surface area contributed by atoms with Crippen LogP contribution in [-0.2, 0) is 13.2 Å². The van der Waals surface area contributed by atoms with Crippen molar-refractivity contribution in [3.8, 4) is 0 Å². The number of aromatic nitrogens is 3. The van der Waals surface area contributed by atoms with Gasteiger partial charge in [0.1, 0.15) is 18.2 Å². The van der Waals surface area contributed by atoms with Crippen molar-refractivity contribution in [1.82, 2.24) is 14.3 Å². The lowest BCUT2D eigenvalue weighted by Crippen LogP contribution is -3.07. The van der Waals surface area contributed by atoms with Crippen LogP contribution < -0.4 is 4.90 Å². The Morgan fingerprint density at radius 2 is 1.91 bits per heavy atom. The van der Waals surface area contributed by atoms with Gasteiger partial charge in [-0.05, 0) is 50.0 Å². The van der Waals surface area contributed by atoms with E-state index in [4.69, 9.17) is 17.3 Å². The Bertz CT molecular complexity index is 756. The molecule has 122 valence electrons. The molecule has 23 heavy (non-hydrogen) atoms. The molecule has 1 atom stereocenters. The monoisotopic (exact) mass is 333 g/mol. The molecule has 0 spiro atoms. The van der Waals surface area contributed by atoms with Crippen molar-refractivity contribution >= 4 is 12.2 Å². The van der Waals surface area contributed by atoms with Crippen LogP contribution in [-0.4, -0.2) is 21.4 Å². The Morgan fingerprint density at radius 1 is 1.22 bits per heavy atom. The number of quaternary nitrogens is 1. The highest BCUT2D eigenvalue weighted by Crippen LogP contribution is 2.44. The van der Waals surface area contributed by atoms with Crippen molar-refractivity contribution in [2.24, 2.45) is 0 Å². The van der Waals surface area contributed by atoms with Crippen LogP contribution in [0.1, 0.15) is 49.0 Å². The second-order valence-corrected chi connectivity index (χ2v) is 7.30. The van der Waals surface area contributed by atoms with Gasteiger partial charge in [0.25, 0.3) is 0 Å². The molecule has 1 heterocycles. The van der Waals surface area contributed by atoms with Gasteiger partial charge in [-0.3, -0.25) is 0 Å². The number of nitrogens with zero attached hydrogens (tertiary/aromatic N) is 3. The van der Waals surface area contributed by atoms with E-state index in [1.54, 1.807) is 0 Å². The molecular formula is C17H22FN4S+. The highest BCUT2D eigenvalue weighted by Gasteiger charge is 2.36. The fourth-order valence-electron chi connectivity index (χ4n) is 3.10. The van der Waals surface area contributed by atoms with E-state index in [1.165, 1.54) is 48.5 Å². The molecule has 2 saturated carbocycles. The first-order chi connectivity index (χ1) is 11.1. The average molecular weight is 333 g/mol. The van der Waals surface area contributed by atoms with E-state index < -0.39 is 0 Å². The molecule has 1 aromatic carbocycles. The zero-order valence-electron chi connectivity index (χ0n) is 13.3. The third kappa shape index (κ3) is 3.23. The van der Waals surface area contributed by atoms with Crippen molar-refractivity contribution in [2.75, 3.05) is 7.05 Å². The number of hydrogen-bond donors (Lipinski definition) is 1. The molecule has 1 N–H and O–H groups in total. The summed E-state index contributed by atoms with van der Waals surface area (Å²) in [5.74, 6) is 1.63. The molecule has 4 rings (SSSR count). The molecule has 2 aromatic rings. The summed E-state index contributed by atoms with van der Waals surface area (Å²) in [5, 5.41) is 4.82. The molecule has 0 bridgehead atoms. The SMILES string of the molecule is C[NH+](Cc1ccc(F)cc1)Cn1nc(C2CC2)n(C2CC2)c1=S. The Kier molecular flexibility index (Phi) is 3.81. The van der Waals surface area contributed by atoms with Gasteiger partial charge in [-0.25, -0.2) is 4.39 Å². The van der Waals surface area contributed by atoms with Crippen LogP contribution in [0.15, 0.2) is 24.3 Å². The Balaban J connectivity index is 1.50. The lowest BCUT2D eigenvalue weighted by atomic mass is 10.2. The minimum atomic E-state index is -0.189. The van der Waals surface area contributed by atoms with Crippen molar-refractivity contribution in [2.45, 2.75) is 50.9 Å². The van der Waals surface area contributed by atoms with E-state index in [9.17, 15) is 4.39 Å². The van der Waals surface area contributed by atoms with E-state index in [2.05, 4.69) is 11.6 Å². The summed E-state index contributed by atoms with van der Waals surface area (Å²) in [7, 11) is 2.12.